The average molecular weight is 446 g/mol. The van der Waals surface area contributed by atoms with Crippen LogP contribution >= 0.6 is 58.2 Å². The molecule has 8 heteroatoms. The molecule has 0 aliphatic carbocycles. The second-order valence-electron chi connectivity index (χ2n) is 5.39. The van der Waals surface area contributed by atoms with Gasteiger partial charge in [-0.25, -0.2) is 4.98 Å². The van der Waals surface area contributed by atoms with Crippen molar-refractivity contribution >= 4 is 63.3 Å². The number of benzene rings is 2. The Morgan fingerprint density at radius 2 is 1.77 bits per heavy atom. The van der Waals surface area contributed by atoms with Crippen LogP contribution in [0.15, 0.2) is 61.2 Å². The molecule has 3 rings (SSSR count). The van der Waals surface area contributed by atoms with Gasteiger partial charge in [0.05, 0.1) is 21.6 Å². The van der Waals surface area contributed by atoms with Crippen molar-refractivity contribution in [2.75, 3.05) is 0 Å². The predicted octanol–water partition coefficient (Wildman–Crippen LogP) is 6.90. The van der Waals surface area contributed by atoms with Gasteiger partial charge >= 0.3 is 0 Å². The topological polar surface area (TPSA) is 34.9 Å². The molecule has 2 unspecified atom stereocenters. The molecule has 0 N–H and O–H groups in total. The third kappa shape index (κ3) is 4.56. The lowest BCUT2D eigenvalue weighted by molar-refractivity contribution is 0.108. The molecule has 0 spiro atoms. The Bertz CT molecular complexity index is 900. The van der Waals surface area contributed by atoms with Crippen molar-refractivity contribution in [3.8, 4) is 0 Å². The van der Waals surface area contributed by atoms with Gasteiger partial charge < -0.3 is 4.57 Å². The van der Waals surface area contributed by atoms with Gasteiger partial charge in [0, 0.05) is 23.0 Å². The quantitative estimate of drug-likeness (QED) is 0.400. The number of carbonyl (C=O) groups excluding carboxylic acids is 1. The third-order valence-corrected chi connectivity index (χ3v) is 6.50. The lowest BCUT2D eigenvalue weighted by Crippen LogP contribution is -2.11. The summed E-state index contributed by atoms with van der Waals surface area (Å²) in [6, 6.07) is 12.0. The third-order valence-electron chi connectivity index (χ3n) is 3.65. The van der Waals surface area contributed by atoms with Crippen LogP contribution in [0.4, 0.5) is 0 Å². The van der Waals surface area contributed by atoms with Crippen molar-refractivity contribution in [2.45, 2.75) is 10.8 Å². The van der Waals surface area contributed by atoms with Gasteiger partial charge in [-0.3, -0.25) is 4.79 Å². The van der Waals surface area contributed by atoms with E-state index in [0.29, 0.717) is 20.6 Å². The Labute approximate surface area is 175 Å². The van der Waals surface area contributed by atoms with Gasteiger partial charge in [-0.15, -0.1) is 0 Å². The van der Waals surface area contributed by atoms with Gasteiger partial charge in [0.1, 0.15) is 5.50 Å². The molecule has 0 aliphatic heterocycles. The largest absolute Gasteiger partial charge is 0.319 e. The number of alkyl halides is 1. The molecule has 0 aliphatic rings. The number of carbonyl (C=O) groups is 1. The molecule has 0 bridgehead atoms. The Hall–Kier alpha value is -1.17. The number of rotatable bonds is 5. The van der Waals surface area contributed by atoms with Crippen molar-refractivity contribution < 1.29 is 4.79 Å². The van der Waals surface area contributed by atoms with Crippen molar-refractivity contribution in [1.82, 2.24) is 9.55 Å². The number of halogens is 4. The summed E-state index contributed by atoms with van der Waals surface area (Å²) in [4.78, 5) is 16.8. The summed E-state index contributed by atoms with van der Waals surface area (Å²) in [5, 5.41) is 0.829. The van der Waals surface area contributed by atoms with E-state index in [2.05, 4.69) is 4.98 Å². The fraction of sp³-hybridized carbons (Fsp3) is 0.111. The maximum Gasteiger partial charge on any atom is 0.220 e. The van der Waals surface area contributed by atoms with Gasteiger partial charge in [0.25, 0.3) is 0 Å². The van der Waals surface area contributed by atoms with Crippen molar-refractivity contribution in [1.29, 1.82) is 0 Å². The van der Waals surface area contributed by atoms with E-state index in [1.54, 1.807) is 53.6 Å². The normalized spacial score (nSPS) is 13.4. The molecule has 26 heavy (non-hydrogen) atoms. The molecule has 0 radical (unpaired) electrons. The van der Waals surface area contributed by atoms with E-state index in [9.17, 15) is 4.79 Å². The van der Waals surface area contributed by atoms with E-state index < -0.39 is 5.50 Å². The van der Waals surface area contributed by atoms with Gasteiger partial charge in [-0.2, -0.15) is 0 Å². The monoisotopic (exact) mass is 444 g/mol. The molecular weight excluding hydrogens is 434 g/mol. The Morgan fingerprint density at radius 1 is 1.04 bits per heavy atom. The molecular formula is C18H12Cl4N2OS. The zero-order valence-electron chi connectivity index (χ0n) is 13.2. The second kappa shape index (κ2) is 8.68. The smallest absolute Gasteiger partial charge is 0.220 e. The van der Waals surface area contributed by atoms with Crippen LogP contribution < -0.4 is 0 Å². The lowest BCUT2D eigenvalue weighted by Gasteiger charge is -2.22. The summed E-state index contributed by atoms with van der Waals surface area (Å²) in [5.41, 5.74) is 0.815. The summed E-state index contributed by atoms with van der Waals surface area (Å²) >= 11 is 25.7. The summed E-state index contributed by atoms with van der Waals surface area (Å²) < 4.78 is 1.75. The van der Waals surface area contributed by atoms with Crippen LogP contribution in [0.3, 0.4) is 0 Å². The van der Waals surface area contributed by atoms with Crippen LogP contribution in [0.1, 0.15) is 26.7 Å². The van der Waals surface area contributed by atoms with Crippen molar-refractivity contribution in [3.63, 3.8) is 0 Å². The summed E-state index contributed by atoms with van der Waals surface area (Å²) in [7, 11) is 0. The van der Waals surface area contributed by atoms with E-state index in [-0.39, 0.29) is 10.4 Å². The molecule has 3 nitrogen and oxygen atoms in total. The molecule has 0 saturated heterocycles. The van der Waals surface area contributed by atoms with E-state index >= 15 is 0 Å². The minimum absolute atomic E-state index is 0.158. The highest BCUT2D eigenvalue weighted by Gasteiger charge is 2.27. The number of hydrogen-bond donors (Lipinski definition) is 0. The maximum absolute atomic E-state index is 12.8. The zero-order chi connectivity index (χ0) is 18.7. The number of aromatic nitrogens is 2. The van der Waals surface area contributed by atoms with Gasteiger partial charge in [-0.05, 0) is 35.9 Å². The summed E-state index contributed by atoms with van der Waals surface area (Å²) in [5.74, 6) is 0. The molecule has 0 saturated carbocycles. The van der Waals surface area contributed by atoms with Gasteiger partial charge in [0.2, 0.25) is 5.12 Å². The average Bonchev–Trinajstić information content (AvgIpc) is 3.17. The molecule has 3 aromatic rings. The first-order valence-corrected chi connectivity index (χ1v) is 9.93. The molecule has 1 heterocycles. The highest BCUT2D eigenvalue weighted by atomic mass is 35.5. The Kier molecular flexibility index (Phi) is 6.54. The van der Waals surface area contributed by atoms with Gasteiger partial charge in [-0.1, -0.05) is 70.3 Å². The van der Waals surface area contributed by atoms with E-state index in [0.717, 1.165) is 17.3 Å². The minimum Gasteiger partial charge on any atom is -0.319 e. The molecule has 2 atom stereocenters. The predicted molar refractivity (Wildman–Crippen MR) is 110 cm³/mol. The van der Waals surface area contributed by atoms with Crippen LogP contribution in [0, 0.1) is 0 Å². The Balaban J connectivity index is 1.91. The molecule has 0 fully saturated rings. The zero-order valence-corrected chi connectivity index (χ0v) is 17.0. The molecule has 1 aromatic heterocycles. The summed E-state index contributed by atoms with van der Waals surface area (Å²) in [6.07, 6.45) is 5.01. The van der Waals surface area contributed by atoms with Crippen LogP contribution in [0.25, 0.3) is 0 Å². The first kappa shape index (κ1) is 19.6. The maximum atomic E-state index is 12.8. The fourth-order valence-corrected chi connectivity index (χ4v) is 4.19. The van der Waals surface area contributed by atoms with E-state index in [1.807, 2.05) is 12.1 Å². The highest BCUT2D eigenvalue weighted by Crippen LogP contribution is 2.43. The van der Waals surface area contributed by atoms with Crippen molar-refractivity contribution in [3.05, 3.63) is 87.4 Å². The van der Waals surface area contributed by atoms with Gasteiger partial charge in [0.15, 0.2) is 0 Å². The van der Waals surface area contributed by atoms with Crippen molar-refractivity contribution in [2.24, 2.45) is 0 Å². The van der Waals surface area contributed by atoms with Crippen LogP contribution in [0.2, 0.25) is 15.1 Å². The molecule has 2 aromatic carbocycles. The van der Waals surface area contributed by atoms with Crippen LogP contribution in [-0.2, 0) is 0 Å². The number of hydrogen-bond acceptors (Lipinski definition) is 3. The fourth-order valence-electron chi connectivity index (χ4n) is 2.31. The minimum atomic E-state index is -0.518. The molecule has 134 valence electrons. The first-order valence-electron chi connectivity index (χ1n) is 7.48. The second-order valence-corrected chi connectivity index (χ2v) is 8.20. The van der Waals surface area contributed by atoms with E-state index in [1.165, 1.54) is 0 Å². The van der Waals surface area contributed by atoms with E-state index in [4.69, 9.17) is 46.4 Å². The first-order chi connectivity index (χ1) is 12.5. The lowest BCUT2D eigenvalue weighted by atomic mass is 10.1. The number of thioether (sulfide) groups is 1. The highest BCUT2D eigenvalue weighted by molar-refractivity contribution is 8.14. The van der Waals surface area contributed by atoms with Crippen LogP contribution in [-0.4, -0.2) is 14.7 Å². The summed E-state index contributed by atoms with van der Waals surface area (Å²) in [6.45, 7) is 0. The SMILES string of the molecule is O=C(SC(c1ccc(Cl)cc1)C(Cl)n1ccnc1)c1ccc(Cl)c(Cl)c1. The molecule has 0 amide bonds. The number of nitrogens with zero attached hydrogens (tertiary/aromatic N) is 2. The Morgan fingerprint density at radius 3 is 2.38 bits per heavy atom. The number of imidazole rings is 1. The standard InChI is InChI=1S/C18H12Cl4N2OS/c19-13-4-1-11(2-5-13)16(17(22)24-8-7-23-10-24)26-18(25)12-3-6-14(20)15(21)9-12/h1-10,16-17H. The van der Waals surface area contributed by atoms with Crippen LogP contribution in [0.5, 0.6) is 0 Å².